The molecule has 0 radical (unpaired) electrons. The fraction of sp³-hybridized carbons (Fsp3) is 0.0417. The molecule has 0 aliphatic carbocycles. The predicted molar refractivity (Wildman–Crippen MR) is 118 cm³/mol. The minimum Gasteiger partial charge on any atom is -0.321 e. The molecular formula is C24H17N3OS. The van der Waals surface area contributed by atoms with Crippen molar-refractivity contribution in [3.63, 3.8) is 0 Å². The highest BCUT2D eigenvalue weighted by molar-refractivity contribution is 7.21. The standard InChI is InChI=1S/C24H17N3OS/c1-16-7-12-21-22(13-16)29-24(27-21)18-8-10-20(11-9-18)26-23(28)19(15-25)14-17-5-3-2-4-6-17/h2-14H,1H3,(H,26,28)/b19-14+. The van der Waals surface area contributed by atoms with Gasteiger partial charge in [0.2, 0.25) is 0 Å². The van der Waals surface area contributed by atoms with Crippen LogP contribution in [-0.2, 0) is 4.79 Å². The number of amides is 1. The first-order valence-corrected chi connectivity index (χ1v) is 9.90. The summed E-state index contributed by atoms with van der Waals surface area (Å²) in [7, 11) is 0. The van der Waals surface area contributed by atoms with E-state index in [9.17, 15) is 10.1 Å². The van der Waals surface area contributed by atoms with Crippen LogP contribution in [0.2, 0.25) is 0 Å². The summed E-state index contributed by atoms with van der Waals surface area (Å²) in [5.41, 5.74) is 4.68. The number of nitriles is 1. The molecule has 0 spiro atoms. The molecule has 1 N–H and O–H groups in total. The smallest absolute Gasteiger partial charge is 0.266 e. The number of anilines is 1. The van der Waals surface area contributed by atoms with Gasteiger partial charge < -0.3 is 5.32 Å². The molecule has 0 saturated carbocycles. The molecule has 29 heavy (non-hydrogen) atoms. The van der Waals surface area contributed by atoms with Gasteiger partial charge in [-0.3, -0.25) is 4.79 Å². The molecule has 0 saturated heterocycles. The molecule has 0 aliphatic rings. The van der Waals surface area contributed by atoms with Crippen molar-refractivity contribution in [2.45, 2.75) is 6.92 Å². The molecule has 0 unspecified atom stereocenters. The summed E-state index contributed by atoms with van der Waals surface area (Å²) in [5, 5.41) is 13.0. The van der Waals surface area contributed by atoms with Crippen LogP contribution in [-0.4, -0.2) is 10.9 Å². The molecule has 0 aliphatic heterocycles. The van der Waals surface area contributed by atoms with Gasteiger partial charge in [0.25, 0.3) is 5.91 Å². The van der Waals surface area contributed by atoms with Gasteiger partial charge in [-0.25, -0.2) is 4.98 Å². The summed E-state index contributed by atoms with van der Waals surface area (Å²) < 4.78 is 1.15. The molecule has 1 amide bonds. The van der Waals surface area contributed by atoms with Gasteiger partial charge in [0.15, 0.2) is 0 Å². The van der Waals surface area contributed by atoms with E-state index in [0.717, 1.165) is 26.4 Å². The van der Waals surface area contributed by atoms with Crippen LogP contribution in [0.3, 0.4) is 0 Å². The van der Waals surface area contributed by atoms with Gasteiger partial charge in [0.1, 0.15) is 16.6 Å². The zero-order chi connectivity index (χ0) is 20.2. The molecule has 0 bridgehead atoms. The Hall–Kier alpha value is -3.75. The lowest BCUT2D eigenvalue weighted by Crippen LogP contribution is -2.13. The zero-order valence-electron chi connectivity index (χ0n) is 15.7. The molecule has 0 fully saturated rings. The summed E-state index contributed by atoms with van der Waals surface area (Å²) in [6.07, 6.45) is 1.58. The molecule has 4 rings (SSSR count). The van der Waals surface area contributed by atoms with E-state index >= 15 is 0 Å². The minimum absolute atomic E-state index is 0.0572. The molecule has 5 heteroatoms. The molecule has 3 aromatic carbocycles. The summed E-state index contributed by atoms with van der Waals surface area (Å²) in [6, 6.07) is 25.0. The van der Waals surface area contributed by atoms with Crippen LogP contribution in [0.5, 0.6) is 0 Å². The highest BCUT2D eigenvalue weighted by Gasteiger charge is 2.11. The second kappa shape index (κ2) is 8.09. The number of hydrogen-bond donors (Lipinski definition) is 1. The highest BCUT2D eigenvalue weighted by Crippen LogP contribution is 2.31. The van der Waals surface area contributed by atoms with Crippen molar-refractivity contribution in [1.29, 1.82) is 5.26 Å². The van der Waals surface area contributed by atoms with E-state index in [2.05, 4.69) is 29.4 Å². The lowest BCUT2D eigenvalue weighted by Gasteiger charge is -2.05. The maximum absolute atomic E-state index is 12.4. The van der Waals surface area contributed by atoms with E-state index in [1.807, 2.05) is 66.7 Å². The van der Waals surface area contributed by atoms with E-state index in [1.165, 1.54) is 5.56 Å². The lowest BCUT2D eigenvalue weighted by molar-refractivity contribution is -0.112. The van der Waals surface area contributed by atoms with Crippen LogP contribution in [0.4, 0.5) is 5.69 Å². The second-order valence-electron chi connectivity index (χ2n) is 6.60. The number of hydrogen-bond acceptors (Lipinski definition) is 4. The second-order valence-corrected chi connectivity index (χ2v) is 7.63. The van der Waals surface area contributed by atoms with Crippen molar-refractivity contribution in [3.05, 3.63) is 89.5 Å². The minimum atomic E-state index is -0.431. The third-order valence-corrected chi connectivity index (χ3v) is 5.48. The third kappa shape index (κ3) is 4.23. The third-order valence-electron chi connectivity index (χ3n) is 4.41. The number of carbonyl (C=O) groups is 1. The normalized spacial score (nSPS) is 11.2. The van der Waals surface area contributed by atoms with Crippen LogP contribution < -0.4 is 5.32 Å². The van der Waals surface area contributed by atoms with Gasteiger partial charge in [-0.15, -0.1) is 11.3 Å². The van der Waals surface area contributed by atoms with Crippen molar-refractivity contribution in [2.75, 3.05) is 5.32 Å². The summed E-state index contributed by atoms with van der Waals surface area (Å²) in [4.78, 5) is 17.1. The van der Waals surface area contributed by atoms with Crippen LogP contribution in [0.25, 0.3) is 26.9 Å². The van der Waals surface area contributed by atoms with Crippen molar-refractivity contribution in [2.24, 2.45) is 0 Å². The fourth-order valence-corrected chi connectivity index (χ4v) is 3.98. The zero-order valence-corrected chi connectivity index (χ0v) is 16.5. The molecular weight excluding hydrogens is 378 g/mol. The number of nitrogens with zero attached hydrogens (tertiary/aromatic N) is 2. The largest absolute Gasteiger partial charge is 0.321 e. The predicted octanol–water partition coefficient (Wildman–Crippen LogP) is 5.82. The average molecular weight is 395 g/mol. The quantitative estimate of drug-likeness (QED) is 0.350. The molecule has 1 aromatic heterocycles. The van der Waals surface area contributed by atoms with Crippen molar-refractivity contribution in [1.82, 2.24) is 4.98 Å². The Morgan fingerprint density at radius 3 is 2.55 bits per heavy atom. The van der Waals surface area contributed by atoms with Gasteiger partial charge >= 0.3 is 0 Å². The van der Waals surface area contributed by atoms with E-state index < -0.39 is 5.91 Å². The maximum atomic E-state index is 12.4. The summed E-state index contributed by atoms with van der Waals surface area (Å²) in [5.74, 6) is -0.431. The Morgan fingerprint density at radius 1 is 1.07 bits per heavy atom. The average Bonchev–Trinajstić information content (AvgIpc) is 3.16. The molecule has 4 nitrogen and oxygen atoms in total. The Labute approximate surface area is 172 Å². The van der Waals surface area contributed by atoms with E-state index in [-0.39, 0.29) is 5.57 Å². The fourth-order valence-electron chi connectivity index (χ4n) is 2.91. The molecule has 1 heterocycles. The topological polar surface area (TPSA) is 65.8 Å². The molecule has 0 atom stereocenters. The van der Waals surface area contributed by atoms with E-state index in [0.29, 0.717) is 5.69 Å². The van der Waals surface area contributed by atoms with Gasteiger partial charge in [-0.1, -0.05) is 36.4 Å². The van der Waals surface area contributed by atoms with E-state index in [4.69, 9.17) is 0 Å². The Bertz CT molecular complexity index is 1250. The van der Waals surface area contributed by atoms with Crippen molar-refractivity contribution in [3.8, 4) is 16.6 Å². The van der Waals surface area contributed by atoms with Crippen molar-refractivity contribution >= 4 is 39.2 Å². The number of aromatic nitrogens is 1. The molecule has 140 valence electrons. The maximum Gasteiger partial charge on any atom is 0.266 e. The Morgan fingerprint density at radius 2 is 1.83 bits per heavy atom. The first-order valence-electron chi connectivity index (χ1n) is 9.08. The number of benzene rings is 3. The number of carbonyl (C=O) groups excluding carboxylic acids is 1. The van der Waals surface area contributed by atoms with Crippen LogP contribution in [0, 0.1) is 18.3 Å². The number of aryl methyl sites for hydroxylation is 1. The van der Waals surface area contributed by atoms with E-state index in [1.54, 1.807) is 17.4 Å². The number of fused-ring (bicyclic) bond motifs is 1. The van der Waals surface area contributed by atoms with Crippen LogP contribution in [0.1, 0.15) is 11.1 Å². The van der Waals surface area contributed by atoms with Gasteiger partial charge in [0, 0.05) is 11.3 Å². The Kier molecular flexibility index (Phi) is 5.19. The monoisotopic (exact) mass is 395 g/mol. The van der Waals surface area contributed by atoms with Crippen LogP contribution in [0.15, 0.2) is 78.4 Å². The summed E-state index contributed by atoms with van der Waals surface area (Å²) >= 11 is 1.64. The van der Waals surface area contributed by atoms with Crippen molar-refractivity contribution < 1.29 is 4.79 Å². The van der Waals surface area contributed by atoms with Gasteiger partial charge in [-0.2, -0.15) is 5.26 Å². The lowest BCUT2D eigenvalue weighted by atomic mass is 10.1. The SMILES string of the molecule is Cc1ccc2nc(-c3ccc(NC(=O)/C(C#N)=C/c4ccccc4)cc3)sc2c1. The number of rotatable bonds is 4. The van der Waals surface area contributed by atoms with Gasteiger partial charge in [0.05, 0.1) is 10.2 Å². The Balaban J connectivity index is 1.52. The number of nitrogens with one attached hydrogen (secondary N) is 1. The van der Waals surface area contributed by atoms with Crippen LogP contribution >= 0.6 is 11.3 Å². The van der Waals surface area contributed by atoms with Gasteiger partial charge in [-0.05, 0) is 60.5 Å². The molecule has 4 aromatic rings. The summed E-state index contributed by atoms with van der Waals surface area (Å²) in [6.45, 7) is 2.07. The number of thiazole rings is 1. The highest BCUT2D eigenvalue weighted by atomic mass is 32.1. The first-order chi connectivity index (χ1) is 14.1. The first kappa shape index (κ1) is 18.6.